The molecule has 0 saturated heterocycles. The van der Waals surface area contributed by atoms with Crippen molar-refractivity contribution in [2.75, 3.05) is 14.1 Å². The Kier molecular flexibility index (Phi) is 5.76. The number of hydrogen-bond acceptors (Lipinski definition) is 5. The van der Waals surface area contributed by atoms with E-state index in [2.05, 4.69) is 15.3 Å². The lowest BCUT2D eigenvalue weighted by Gasteiger charge is -2.09. The zero-order valence-corrected chi connectivity index (χ0v) is 16.8. The maximum Gasteiger partial charge on any atom is 0.416 e. The number of amides is 1. The van der Waals surface area contributed by atoms with Crippen LogP contribution in [0.5, 0.6) is 0 Å². The standard InChI is InChI=1S/C19H19F3N4O2S/c1-10-14-16(27)24-13(9-26(2)3)25-18(14)29-15(10)17(28)23-8-11-5-4-6-12(7-11)19(20,21)22/h4-7H,8-9H2,1-3H3,(H,23,28)(H,24,25,27). The maximum atomic E-state index is 12.8. The highest BCUT2D eigenvalue weighted by molar-refractivity contribution is 7.20. The van der Waals surface area contributed by atoms with E-state index in [0.717, 1.165) is 23.5 Å². The molecule has 10 heteroatoms. The minimum absolute atomic E-state index is 0.0634. The van der Waals surface area contributed by atoms with E-state index in [1.807, 2.05) is 19.0 Å². The Bertz CT molecular complexity index is 1120. The molecule has 0 aliphatic rings. The van der Waals surface area contributed by atoms with Crippen LogP contribution in [0.15, 0.2) is 29.1 Å². The lowest BCUT2D eigenvalue weighted by molar-refractivity contribution is -0.137. The van der Waals surface area contributed by atoms with E-state index in [-0.39, 0.29) is 12.1 Å². The minimum atomic E-state index is -4.45. The fourth-order valence-electron chi connectivity index (χ4n) is 2.90. The van der Waals surface area contributed by atoms with Crippen LogP contribution in [-0.4, -0.2) is 34.9 Å². The molecular weight excluding hydrogens is 405 g/mol. The summed E-state index contributed by atoms with van der Waals surface area (Å²) in [6.07, 6.45) is -4.45. The molecule has 3 rings (SSSR count). The quantitative estimate of drug-likeness (QED) is 0.659. The van der Waals surface area contributed by atoms with Crippen LogP contribution in [0.25, 0.3) is 10.2 Å². The van der Waals surface area contributed by atoms with Crippen LogP contribution in [0, 0.1) is 6.92 Å². The minimum Gasteiger partial charge on any atom is -0.347 e. The SMILES string of the molecule is Cc1c(C(=O)NCc2cccc(C(F)(F)F)c2)sc2nc(CN(C)C)[nH]c(=O)c12. The average Bonchev–Trinajstić information content (AvgIpc) is 2.95. The van der Waals surface area contributed by atoms with Gasteiger partial charge in [0.05, 0.1) is 22.4 Å². The van der Waals surface area contributed by atoms with E-state index in [1.165, 1.54) is 12.1 Å². The predicted octanol–water partition coefficient (Wildman–Crippen LogP) is 3.30. The highest BCUT2D eigenvalue weighted by Gasteiger charge is 2.30. The van der Waals surface area contributed by atoms with Gasteiger partial charge in [0, 0.05) is 6.54 Å². The van der Waals surface area contributed by atoms with Crippen molar-refractivity contribution >= 4 is 27.5 Å². The molecular formula is C19H19F3N4O2S. The van der Waals surface area contributed by atoms with E-state index in [0.29, 0.717) is 38.6 Å². The number of carbonyl (C=O) groups excluding carboxylic acids is 1. The lowest BCUT2D eigenvalue weighted by Crippen LogP contribution is -2.23. The van der Waals surface area contributed by atoms with Crippen LogP contribution >= 0.6 is 11.3 Å². The molecule has 2 aromatic heterocycles. The molecule has 0 aliphatic heterocycles. The summed E-state index contributed by atoms with van der Waals surface area (Å²) in [5, 5.41) is 2.97. The van der Waals surface area contributed by atoms with Crippen LogP contribution in [0.1, 0.15) is 32.2 Å². The first-order chi connectivity index (χ1) is 13.6. The molecule has 2 heterocycles. The van der Waals surface area contributed by atoms with Crippen molar-refractivity contribution in [1.29, 1.82) is 0 Å². The molecule has 1 aromatic carbocycles. The van der Waals surface area contributed by atoms with Crippen molar-refractivity contribution in [3.8, 4) is 0 Å². The first-order valence-corrected chi connectivity index (χ1v) is 9.49. The summed E-state index contributed by atoms with van der Waals surface area (Å²) in [7, 11) is 3.69. The number of H-pyrrole nitrogens is 1. The molecule has 0 radical (unpaired) electrons. The zero-order chi connectivity index (χ0) is 21.3. The number of fused-ring (bicyclic) bond motifs is 1. The molecule has 29 heavy (non-hydrogen) atoms. The van der Waals surface area contributed by atoms with Gasteiger partial charge in [-0.3, -0.25) is 9.59 Å². The summed E-state index contributed by atoms with van der Waals surface area (Å²) in [4.78, 5) is 34.7. The van der Waals surface area contributed by atoms with Crippen LogP contribution in [0.3, 0.4) is 0 Å². The molecule has 6 nitrogen and oxygen atoms in total. The average molecular weight is 424 g/mol. The smallest absolute Gasteiger partial charge is 0.347 e. The van der Waals surface area contributed by atoms with E-state index >= 15 is 0 Å². The van der Waals surface area contributed by atoms with Crippen molar-refractivity contribution in [3.63, 3.8) is 0 Å². The van der Waals surface area contributed by atoms with Crippen LogP contribution in [0.2, 0.25) is 0 Å². The topological polar surface area (TPSA) is 78.1 Å². The molecule has 0 saturated carbocycles. The van der Waals surface area contributed by atoms with Gasteiger partial charge < -0.3 is 15.2 Å². The third-order valence-corrected chi connectivity index (χ3v) is 5.41. The monoisotopic (exact) mass is 424 g/mol. The molecule has 0 spiro atoms. The van der Waals surface area contributed by atoms with E-state index < -0.39 is 17.6 Å². The number of aryl methyl sites for hydroxylation is 1. The summed E-state index contributed by atoms with van der Waals surface area (Å²) in [5.41, 5.74) is -0.267. The Labute approximate surface area is 168 Å². The van der Waals surface area contributed by atoms with Gasteiger partial charge in [0.25, 0.3) is 11.5 Å². The predicted molar refractivity (Wildman–Crippen MR) is 105 cm³/mol. The number of alkyl halides is 3. The second-order valence-electron chi connectivity index (χ2n) is 6.87. The second-order valence-corrected chi connectivity index (χ2v) is 7.87. The number of aromatic amines is 1. The number of rotatable bonds is 5. The third kappa shape index (κ3) is 4.65. The number of benzene rings is 1. The maximum absolute atomic E-state index is 12.8. The molecule has 0 fully saturated rings. The largest absolute Gasteiger partial charge is 0.416 e. The van der Waals surface area contributed by atoms with Crippen LogP contribution in [-0.2, 0) is 19.3 Å². The molecule has 154 valence electrons. The Morgan fingerprint density at radius 1 is 1.31 bits per heavy atom. The first-order valence-electron chi connectivity index (χ1n) is 8.67. The summed E-state index contributed by atoms with van der Waals surface area (Å²) >= 11 is 1.09. The Morgan fingerprint density at radius 2 is 2.03 bits per heavy atom. The fraction of sp³-hybridized carbons (Fsp3) is 0.316. The van der Waals surface area contributed by atoms with Gasteiger partial charge in [-0.05, 0) is 44.3 Å². The molecule has 0 atom stereocenters. The van der Waals surface area contributed by atoms with Gasteiger partial charge >= 0.3 is 6.18 Å². The third-order valence-electron chi connectivity index (χ3n) is 4.23. The number of aromatic nitrogens is 2. The first kappa shape index (κ1) is 21.0. The highest BCUT2D eigenvalue weighted by Crippen LogP contribution is 2.30. The van der Waals surface area contributed by atoms with Gasteiger partial charge in [0.15, 0.2) is 0 Å². The number of hydrogen-bond donors (Lipinski definition) is 2. The zero-order valence-electron chi connectivity index (χ0n) is 16.0. The van der Waals surface area contributed by atoms with Crippen LogP contribution in [0.4, 0.5) is 13.2 Å². The van der Waals surface area contributed by atoms with Crippen molar-refractivity contribution in [1.82, 2.24) is 20.2 Å². The van der Waals surface area contributed by atoms with E-state index in [9.17, 15) is 22.8 Å². The van der Waals surface area contributed by atoms with Gasteiger partial charge in [-0.25, -0.2) is 4.98 Å². The normalized spacial score (nSPS) is 12.0. The van der Waals surface area contributed by atoms with E-state index in [1.54, 1.807) is 6.92 Å². The Hall–Kier alpha value is -2.72. The molecule has 3 aromatic rings. The highest BCUT2D eigenvalue weighted by atomic mass is 32.1. The molecule has 0 bridgehead atoms. The number of halogens is 3. The van der Waals surface area contributed by atoms with Crippen molar-refractivity contribution in [2.45, 2.75) is 26.2 Å². The second kappa shape index (κ2) is 7.96. The Balaban J connectivity index is 1.83. The van der Waals surface area contributed by atoms with Crippen LogP contribution < -0.4 is 10.9 Å². The van der Waals surface area contributed by atoms with E-state index in [4.69, 9.17) is 0 Å². The summed E-state index contributed by atoms with van der Waals surface area (Å²) < 4.78 is 38.5. The van der Waals surface area contributed by atoms with Crippen molar-refractivity contribution in [2.24, 2.45) is 0 Å². The summed E-state index contributed by atoms with van der Waals surface area (Å²) in [5.74, 6) is 0.0288. The molecule has 2 N–H and O–H groups in total. The fourth-order valence-corrected chi connectivity index (χ4v) is 4.02. The molecule has 0 unspecified atom stereocenters. The van der Waals surface area contributed by atoms with Gasteiger partial charge in [-0.2, -0.15) is 13.2 Å². The number of carbonyl (C=O) groups is 1. The Morgan fingerprint density at radius 3 is 2.69 bits per heavy atom. The number of thiophene rings is 1. The van der Waals surface area contributed by atoms with Gasteiger partial charge in [0.2, 0.25) is 0 Å². The number of nitrogens with one attached hydrogen (secondary N) is 2. The van der Waals surface area contributed by atoms with Crippen molar-refractivity contribution < 1.29 is 18.0 Å². The van der Waals surface area contributed by atoms with Gasteiger partial charge in [0.1, 0.15) is 10.7 Å². The molecule has 1 amide bonds. The molecule has 0 aliphatic carbocycles. The lowest BCUT2D eigenvalue weighted by atomic mass is 10.1. The number of nitrogens with zero attached hydrogens (tertiary/aromatic N) is 2. The van der Waals surface area contributed by atoms with Crippen molar-refractivity contribution in [3.05, 3.63) is 62.0 Å². The summed E-state index contributed by atoms with van der Waals surface area (Å²) in [6, 6.07) is 4.78. The van der Waals surface area contributed by atoms with Gasteiger partial charge in [-0.15, -0.1) is 11.3 Å². The van der Waals surface area contributed by atoms with Gasteiger partial charge in [-0.1, -0.05) is 12.1 Å². The summed E-state index contributed by atoms with van der Waals surface area (Å²) in [6.45, 7) is 2.03.